The molecular weight excluding hydrogens is 256 g/mol. The van der Waals surface area contributed by atoms with Crippen molar-refractivity contribution in [3.05, 3.63) is 52.4 Å². The van der Waals surface area contributed by atoms with Crippen LogP contribution >= 0.6 is 0 Å². The van der Waals surface area contributed by atoms with Gasteiger partial charge in [0.05, 0.1) is 11.0 Å². The van der Waals surface area contributed by atoms with Crippen LogP contribution in [0.4, 0.5) is 0 Å². The number of benzene rings is 2. The first-order valence-electron chi connectivity index (χ1n) is 6.28. The zero-order valence-electron chi connectivity index (χ0n) is 10.8. The Balaban J connectivity index is 2.51. The second kappa shape index (κ2) is 4.45. The SMILES string of the molecule is CCn1c(=O)c(C(=O)O)nc2cc3ccccc3cc21. The molecule has 3 rings (SSSR count). The van der Waals surface area contributed by atoms with E-state index in [0.717, 1.165) is 10.8 Å². The normalized spacial score (nSPS) is 11.1. The maximum Gasteiger partial charge on any atom is 0.360 e. The van der Waals surface area contributed by atoms with Crippen molar-refractivity contribution >= 4 is 27.8 Å². The summed E-state index contributed by atoms with van der Waals surface area (Å²) >= 11 is 0. The lowest BCUT2D eigenvalue weighted by Gasteiger charge is -2.10. The number of fused-ring (bicyclic) bond motifs is 2. The van der Waals surface area contributed by atoms with E-state index in [4.69, 9.17) is 5.11 Å². The molecule has 5 heteroatoms. The Morgan fingerprint density at radius 1 is 1.25 bits per heavy atom. The van der Waals surface area contributed by atoms with Gasteiger partial charge >= 0.3 is 5.97 Å². The van der Waals surface area contributed by atoms with Gasteiger partial charge in [-0.3, -0.25) is 4.79 Å². The highest BCUT2D eigenvalue weighted by Crippen LogP contribution is 2.20. The second-order valence-corrected chi connectivity index (χ2v) is 4.50. The monoisotopic (exact) mass is 268 g/mol. The van der Waals surface area contributed by atoms with Gasteiger partial charge < -0.3 is 9.67 Å². The third-order valence-electron chi connectivity index (χ3n) is 3.33. The topological polar surface area (TPSA) is 72.2 Å². The maximum absolute atomic E-state index is 12.1. The molecule has 0 aliphatic carbocycles. The quantitative estimate of drug-likeness (QED) is 0.724. The van der Waals surface area contributed by atoms with Gasteiger partial charge in [0.15, 0.2) is 0 Å². The van der Waals surface area contributed by atoms with E-state index in [-0.39, 0.29) is 0 Å². The smallest absolute Gasteiger partial charge is 0.360 e. The Morgan fingerprint density at radius 3 is 2.50 bits per heavy atom. The van der Waals surface area contributed by atoms with Crippen molar-refractivity contribution in [3.8, 4) is 0 Å². The van der Waals surface area contributed by atoms with Gasteiger partial charge in [-0.25, -0.2) is 9.78 Å². The number of hydrogen-bond donors (Lipinski definition) is 1. The molecule has 0 radical (unpaired) electrons. The number of aryl methyl sites for hydroxylation is 1. The summed E-state index contributed by atoms with van der Waals surface area (Å²) in [5.41, 5.74) is 0.168. The molecule has 0 spiro atoms. The lowest BCUT2D eigenvalue weighted by molar-refractivity contribution is 0.0688. The van der Waals surface area contributed by atoms with Gasteiger partial charge in [-0.15, -0.1) is 0 Å². The molecule has 1 heterocycles. The first kappa shape index (κ1) is 12.3. The number of hydrogen-bond acceptors (Lipinski definition) is 3. The van der Waals surface area contributed by atoms with Crippen LogP contribution in [0.1, 0.15) is 17.4 Å². The van der Waals surface area contributed by atoms with E-state index < -0.39 is 17.2 Å². The number of rotatable bonds is 2. The molecule has 0 saturated heterocycles. The Morgan fingerprint density at radius 2 is 1.90 bits per heavy atom. The van der Waals surface area contributed by atoms with Crippen LogP contribution in [-0.4, -0.2) is 20.6 Å². The van der Waals surface area contributed by atoms with Crippen molar-refractivity contribution < 1.29 is 9.90 Å². The van der Waals surface area contributed by atoms with Crippen molar-refractivity contribution in [1.29, 1.82) is 0 Å². The van der Waals surface area contributed by atoms with E-state index in [1.165, 1.54) is 4.57 Å². The molecule has 20 heavy (non-hydrogen) atoms. The fraction of sp³-hybridized carbons (Fsp3) is 0.133. The third kappa shape index (κ3) is 1.75. The number of aromatic nitrogens is 2. The number of aromatic carboxylic acids is 1. The lowest BCUT2D eigenvalue weighted by Crippen LogP contribution is -2.28. The van der Waals surface area contributed by atoms with E-state index in [2.05, 4.69) is 4.98 Å². The minimum absolute atomic E-state index is 0.399. The molecule has 1 aromatic heterocycles. The lowest BCUT2D eigenvalue weighted by atomic mass is 10.1. The number of nitrogens with zero attached hydrogens (tertiary/aromatic N) is 2. The van der Waals surface area contributed by atoms with E-state index in [1.807, 2.05) is 43.3 Å². The van der Waals surface area contributed by atoms with E-state index in [1.54, 1.807) is 0 Å². The van der Waals surface area contributed by atoms with Gasteiger partial charge in [-0.05, 0) is 29.8 Å². The summed E-state index contributed by atoms with van der Waals surface area (Å²) in [4.78, 5) is 27.2. The first-order chi connectivity index (χ1) is 9.61. The molecule has 0 amide bonds. The summed E-state index contributed by atoms with van der Waals surface area (Å²) < 4.78 is 1.44. The van der Waals surface area contributed by atoms with Crippen LogP contribution < -0.4 is 5.56 Å². The van der Waals surface area contributed by atoms with Crippen molar-refractivity contribution in [2.75, 3.05) is 0 Å². The Bertz CT molecular complexity index is 897. The predicted octanol–water partition coefficient (Wildman–Crippen LogP) is 2.27. The van der Waals surface area contributed by atoms with E-state index in [9.17, 15) is 9.59 Å². The van der Waals surface area contributed by atoms with Gasteiger partial charge in [0.2, 0.25) is 5.69 Å². The van der Waals surface area contributed by atoms with Crippen LogP contribution in [0, 0.1) is 0 Å². The van der Waals surface area contributed by atoms with Crippen LogP contribution in [0.5, 0.6) is 0 Å². The highest BCUT2D eigenvalue weighted by atomic mass is 16.4. The highest BCUT2D eigenvalue weighted by Gasteiger charge is 2.16. The van der Waals surface area contributed by atoms with Gasteiger partial charge in [0, 0.05) is 6.54 Å². The molecule has 0 saturated carbocycles. The average Bonchev–Trinajstić information content (AvgIpc) is 2.44. The van der Waals surface area contributed by atoms with Crippen molar-refractivity contribution in [2.45, 2.75) is 13.5 Å². The van der Waals surface area contributed by atoms with Gasteiger partial charge in [0.25, 0.3) is 5.56 Å². The molecule has 0 aliphatic heterocycles. The molecule has 1 N–H and O–H groups in total. The zero-order chi connectivity index (χ0) is 14.3. The Hall–Kier alpha value is -2.69. The van der Waals surface area contributed by atoms with Crippen molar-refractivity contribution in [3.63, 3.8) is 0 Å². The fourth-order valence-corrected chi connectivity index (χ4v) is 2.38. The maximum atomic E-state index is 12.1. The zero-order valence-corrected chi connectivity index (χ0v) is 10.8. The summed E-state index contributed by atoms with van der Waals surface area (Å²) in [6.07, 6.45) is 0. The molecule has 0 unspecified atom stereocenters. The van der Waals surface area contributed by atoms with Crippen LogP contribution in [0.2, 0.25) is 0 Å². The van der Waals surface area contributed by atoms with Crippen LogP contribution in [0.15, 0.2) is 41.2 Å². The van der Waals surface area contributed by atoms with E-state index >= 15 is 0 Å². The Labute approximate surface area is 114 Å². The molecule has 0 fully saturated rings. The second-order valence-electron chi connectivity index (χ2n) is 4.50. The molecule has 0 bridgehead atoms. The minimum Gasteiger partial charge on any atom is -0.476 e. The molecule has 0 atom stereocenters. The summed E-state index contributed by atoms with van der Waals surface area (Å²) in [5, 5.41) is 11.0. The van der Waals surface area contributed by atoms with E-state index in [0.29, 0.717) is 17.6 Å². The van der Waals surface area contributed by atoms with Crippen LogP contribution in [0.3, 0.4) is 0 Å². The minimum atomic E-state index is -1.30. The van der Waals surface area contributed by atoms with Crippen LogP contribution in [-0.2, 0) is 6.54 Å². The number of carboxylic acids is 1. The number of carbonyl (C=O) groups is 1. The first-order valence-corrected chi connectivity index (χ1v) is 6.28. The molecule has 5 nitrogen and oxygen atoms in total. The van der Waals surface area contributed by atoms with Gasteiger partial charge in [0.1, 0.15) is 0 Å². The van der Waals surface area contributed by atoms with Crippen LogP contribution in [0.25, 0.3) is 21.8 Å². The average molecular weight is 268 g/mol. The highest BCUT2D eigenvalue weighted by molar-refractivity contribution is 5.96. The molecule has 0 aliphatic rings. The fourth-order valence-electron chi connectivity index (χ4n) is 2.38. The molecule has 100 valence electrons. The summed E-state index contributed by atoms with van der Waals surface area (Å²) in [7, 11) is 0. The van der Waals surface area contributed by atoms with Crippen molar-refractivity contribution in [2.24, 2.45) is 0 Å². The summed E-state index contributed by atoms with van der Waals surface area (Å²) in [5.74, 6) is -1.30. The van der Waals surface area contributed by atoms with Gasteiger partial charge in [-0.2, -0.15) is 0 Å². The van der Waals surface area contributed by atoms with Gasteiger partial charge in [-0.1, -0.05) is 24.3 Å². The third-order valence-corrected chi connectivity index (χ3v) is 3.33. The number of carboxylic acid groups (broad SMARTS) is 1. The molecule has 3 aromatic rings. The van der Waals surface area contributed by atoms with Crippen molar-refractivity contribution in [1.82, 2.24) is 9.55 Å². The predicted molar refractivity (Wildman–Crippen MR) is 76.1 cm³/mol. The standard InChI is InChI=1S/C15H12N2O3/c1-2-17-12-8-10-6-4-3-5-9(10)7-11(12)16-13(14(17)18)15(19)20/h3-8H,2H2,1H3,(H,19,20). The summed E-state index contributed by atoms with van der Waals surface area (Å²) in [6, 6.07) is 11.4. The largest absolute Gasteiger partial charge is 0.476 e. The molecule has 2 aromatic carbocycles. The Kier molecular flexibility index (Phi) is 2.75. The molecular formula is C15H12N2O3. The summed E-state index contributed by atoms with van der Waals surface area (Å²) in [6.45, 7) is 2.21.